The third-order valence-corrected chi connectivity index (χ3v) is 7.99. The van der Waals surface area contributed by atoms with Crippen molar-refractivity contribution >= 4 is 21.6 Å². The van der Waals surface area contributed by atoms with Crippen molar-refractivity contribution in [3.63, 3.8) is 0 Å². The van der Waals surface area contributed by atoms with Crippen LogP contribution in [0.15, 0.2) is 78.9 Å². The number of sulfonamides is 1. The maximum atomic E-state index is 13.5. The summed E-state index contributed by atoms with van der Waals surface area (Å²) in [5.41, 5.74) is 4.88. The van der Waals surface area contributed by atoms with Gasteiger partial charge in [-0.1, -0.05) is 66.7 Å². The molecule has 0 aliphatic carbocycles. The molecule has 1 aliphatic rings. The van der Waals surface area contributed by atoms with Crippen LogP contribution in [0.2, 0.25) is 0 Å². The number of hydrogen-bond acceptors (Lipinski definition) is 4. The molecule has 190 valence electrons. The van der Waals surface area contributed by atoms with Gasteiger partial charge < -0.3 is 4.90 Å². The number of piperazine rings is 1. The van der Waals surface area contributed by atoms with Crippen molar-refractivity contribution in [1.82, 2.24) is 9.80 Å². The van der Waals surface area contributed by atoms with E-state index in [1.54, 1.807) is 11.8 Å². The molecule has 3 aromatic carbocycles. The monoisotopic (exact) mass is 505 g/mol. The van der Waals surface area contributed by atoms with E-state index in [0.717, 1.165) is 17.4 Å². The Morgan fingerprint density at radius 2 is 1.28 bits per heavy atom. The molecule has 1 atom stereocenters. The standard InChI is InChI=1S/C29H35N3O3S/c1-22-19-23(2)21-27(20-22)32(36(4,34)35)24(3)29(33)31-17-15-30(16-18-31)28(25-11-7-5-8-12-25)26-13-9-6-10-14-26/h5-14,19-21,24,28H,15-18H2,1-4H3/t24-/m0/s1. The predicted octanol–water partition coefficient (Wildman–Crippen LogP) is 4.39. The molecule has 1 aliphatic heterocycles. The number of anilines is 1. The van der Waals surface area contributed by atoms with Crippen LogP contribution < -0.4 is 4.31 Å². The Hall–Kier alpha value is -3.16. The summed E-state index contributed by atoms with van der Waals surface area (Å²) >= 11 is 0. The van der Waals surface area contributed by atoms with Crippen molar-refractivity contribution in [1.29, 1.82) is 0 Å². The van der Waals surface area contributed by atoms with Crippen LogP contribution >= 0.6 is 0 Å². The molecular weight excluding hydrogens is 470 g/mol. The second-order valence-electron chi connectivity index (χ2n) is 9.67. The van der Waals surface area contributed by atoms with Crippen molar-refractivity contribution < 1.29 is 13.2 Å². The maximum Gasteiger partial charge on any atom is 0.246 e. The highest BCUT2D eigenvalue weighted by Crippen LogP contribution is 2.30. The summed E-state index contributed by atoms with van der Waals surface area (Å²) in [6.07, 6.45) is 1.16. The Bertz CT molecular complexity index is 1230. The zero-order valence-corrected chi connectivity index (χ0v) is 22.3. The third kappa shape index (κ3) is 5.79. The fourth-order valence-corrected chi connectivity index (χ4v) is 6.38. The maximum absolute atomic E-state index is 13.5. The number of carbonyl (C=O) groups is 1. The molecule has 0 unspecified atom stereocenters. The predicted molar refractivity (Wildman–Crippen MR) is 146 cm³/mol. The molecule has 4 rings (SSSR count). The lowest BCUT2D eigenvalue weighted by Crippen LogP contribution is -2.55. The van der Waals surface area contributed by atoms with E-state index in [4.69, 9.17) is 0 Å². The Morgan fingerprint density at radius 1 is 0.806 bits per heavy atom. The van der Waals surface area contributed by atoms with Gasteiger partial charge in [-0.25, -0.2) is 8.42 Å². The lowest BCUT2D eigenvalue weighted by Gasteiger charge is -2.41. The second-order valence-corrected chi connectivity index (χ2v) is 11.5. The zero-order chi connectivity index (χ0) is 25.9. The Kier molecular flexibility index (Phi) is 7.81. The van der Waals surface area contributed by atoms with Gasteiger partial charge in [0.1, 0.15) is 6.04 Å². The van der Waals surface area contributed by atoms with Gasteiger partial charge in [0.05, 0.1) is 18.0 Å². The first kappa shape index (κ1) is 25.9. The number of amides is 1. The van der Waals surface area contributed by atoms with E-state index in [2.05, 4.69) is 53.4 Å². The molecule has 0 bridgehead atoms. The average molecular weight is 506 g/mol. The smallest absolute Gasteiger partial charge is 0.246 e. The number of carbonyl (C=O) groups excluding carboxylic acids is 1. The fourth-order valence-electron chi connectivity index (χ4n) is 5.23. The van der Waals surface area contributed by atoms with Gasteiger partial charge in [-0.15, -0.1) is 0 Å². The lowest BCUT2D eigenvalue weighted by molar-refractivity contribution is -0.134. The molecular formula is C29H35N3O3S. The van der Waals surface area contributed by atoms with Crippen LogP contribution in [0, 0.1) is 13.8 Å². The first-order valence-corrected chi connectivity index (χ1v) is 14.2. The molecule has 0 radical (unpaired) electrons. The van der Waals surface area contributed by atoms with E-state index in [1.807, 2.05) is 44.2 Å². The molecule has 1 fully saturated rings. The lowest BCUT2D eigenvalue weighted by atomic mass is 9.96. The minimum absolute atomic E-state index is 0.102. The molecule has 1 amide bonds. The SMILES string of the molecule is Cc1cc(C)cc(N([C@@H](C)C(=O)N2CCN(C(c3ccccc3)c3ccccc3)CC2)S(C)(=O)=O)c1. The number of rotatable bonds is 7. The highest BCUT2D eigenvalue weighted by Gasteiger charge is 2.35. The van der Waals surface area contributed by atoms with Gasteiger partial charge in [-0.2, -0.15) is 0 Å². The van der Waals surface area contributed by atoms with Gasteiger partial charge >= 0.3 is 0 Å². The summed E-state index contributed by atoms with van der Waals surface area (Å²) in [7, 11) is -3.66. The summed E-state index contributed by atoms with van der Waals surface area (Å²) in [5, 5.41) is 0. The average Bonchev–Trinajstić information content (AvgIpc) is 2.84. The van der Waals surface area contributed by atoms with Gasteiger partial charge in [-0.3, -0.25) is 14.0 Å². The van der Waals surface area contributed by atoms with Crippen molar-refractivity contribution in [3.8, 4) is 0 Å². The Balaban J connectivity index is 1.53. The molecule has 3 aromatic rings. The summed E-state index contributed by atoms with van der Waals surface area (Å²) < 4.78 is 26.8. The van der Waals surface area contributed by atoms with Crippen LogP contribution in [-0.4, -0.2) is 62.6 Å². The zero-order valence-electron chi connectivity index (χ0n) is 21.5. The summed E-state index contributed by atoms with van der Waals surface area (Å²) in [6.45, 7) is 8.04. The van der Waals surface area contributed by atoms with Crippen LogP contribution in [0.25, 0.3) is 0 Å². The molecule has 1 saturated heterocycles. The van der Waals surface area contributed by atoms with Gasteiger partial charge in [0.25, 0.3) is 0 Å². The van der Waals surface area contributed by atoms with E-state index in [9.17, 15) is 13.2 Å². The normalized spacial score (nSPS) is 15.6. The molecule has 1 heterocycles. The van der Waals surface area contributed by atoms with Crippen molar-refractivity contribution in [2.75, 3.05) is 36.7 Å². The Labute approximate surface area is 215 Å². The van der Waals surface area contributed by atoms with E-state index in [-0.39, 0.29) is 11.9 Å². The highest BCUT2D eigenvalue weighted by atomic mass is 32.2. The molecule has 7 heteroatoms. The summed E-state index contributed by atoms with van der Waals surface area (Å²) in [5.74, 6) is -0.171. The second kappa shape index (κ2) is 10.8. The molecule has 0 saturated carbocycles. The minimum Gasteiger partial charge on any atom is -0.338 e. The molecule has 0 spiro atoms. The van der Waals surface area contributed by atoms with Crippen molar-refractivity contribution in [2.24, 2.45) is 0 Å². The van der Waals surface area contributed by atoms with Gasteiger partial charge in [0, 0.05) is 26.2 Å². The Morgan fingerprint density at radius 3 is 1.72 bits per heavy atom. The van der Waals surface area contributed by atoms with Crippen LogP contribution in [-0.2, 0) is 14.8 Å². The van der Waals surface area contributed by atoms with E-state index in [0.29, 0.717) is 31.9 Å². The number of benzene rings is 3. The molecule has 6 nitrogen and oxygen atoms in total. The highest BCUT2D eigenvalue weighted by molar-refractivity contribution is 7.92. The quantitative estimate of drug-likeness (QED) is 0.478. The fraction of sp³-hybridized carbons (Fsp3) is 0.345. The van der Waals surface area contributed by atoms with Crippen LogP contribution in [0.4, 0.5) is 5.69 Å². The van der Waals surface area contributed by atoms with Crippen molar-refractivity contribution in [2.45, 2.75) is 32.9 Å². The number of nitrogens with zero attached hydrogens (tertiary/aromatic N) is 3. The van der Waals surface area contributed by atoms with Crippen molar-refractivity contribution in [3.05, 3.63) is 101 Å². The van der Waals surface area contributed by atoms with E-state index >= 15 is 0 Å². The third-order valence-electron chi connectivity index (χ3n) is 6.75. The first-order chi connectivity index (χ1) is 17.1. The number of hydrogen-bond donors (Lipinski definition) is 0. The van der Waals surface area contributed by atoms with E-state index < -0.39 is 16.1 Å². The van der Waals surface area contributed by atoms with Crippen LogP contribution in [0.1, 0.15) is 35.2 Å². The number of aryl methyl sites for hydroxylation is 2. The van der Waals surface area contributed by atoms with E-state index in [1.165, 1.54) is 15.4 Å². The van der Waals surface area contributed by atoms with Gasteiger partial charge in [-0.05, 0) is 55.2 Å². The van der Waals surface area contributed by atoms with Gasteiger partial charge in [0.2, 0.25) is 15.9 Å². The van der Waals surface area contributed by atoms with Crippen LogP contribution in [0.5, 0.6) is 0 Å². The minimum atomic E-state index is -3.66. The first-order valence-electron chi connectivity index (χ1n) is 12.4. The molecule has 36 heavy (non-hydrogen) atoms. The topological polar surface area (TPSA) is 60.9 Å². The molecule has 0 N–H and O–H groups in total. The summed E-state index contributed by atoms with van der Waals surface area (Å²) in [4.78, 5) is 17.7. The largest absolute Gasteiger partial charge is 0.338 e. The molecule has 0 aromatic heterocycles. The van der Waals surface area contributed by atoms with Crippen LogP contribution in [0.3, 0.4) is 0 Å². The summed E-state index contributed by atoms with van der Waals surface area (Å²) in [6, 6.07) is 25.7. The van der Waals surface area contributed by atoms with Gasteiger partial charge in [0.15, 0.2) is 0 Å².